The number of esters is 1. The second-order valence-electron chi connectivity index (χ2n) is 5.03. The third-order valence-corrected chi connectivity index (χ3v) is 3.56. The van der Waals surface area contributed by atoms with E-state index in [1.807, 2.05) is 18.2 Å². The highest BCUT2D eigenvalue weighted by Gasteiger charge is 2.24. The van der Waals surface area contributed by atoms with E-state index in [0.29, 0.717) is 17.2 Å². The van der Waals surface area contributed by atoms with E-state index in [1.54, 1.807) is 19.2 Å². The molecule has 1 aliphatic rings. The molecule has 0 aliphatic carbocycles. The standard InChI is InChI=1S/C17H14N6O3/c1-25-11-5-3-10(4-6-11)23-16-15-14(20-9-22-16)13(19-8-21-15)12(7-18)17(24)26-2/h3-6,8-9H,1-2H3,(H,19,21)(H,20,22,23)/b13-12+. The average molecular weight is 350 g/mol. The van der Waals surface area contributed by atoms with Crippen molar-refractivity contribution in [2.45, 2.75) is 0 Å². The number of carbonyl (C=O) groups excluding carboxylic acids is 1. The maximum Gasteiger partial charge on any atom is 0.350 e. The Labute approximate surface area is 149 Å². The second-order valence-corrected chi connectivity index (χ2v) is 5.03. The number of rotatable bonds is 4. The quantitative estimate of drug-likeness (QED) is 0.488. The molecule has 1 aliphatic heterocycles. The molecule has 26 heavy (non-hydrogen) atoms. The topological polar surface area (TPSA) is 122 Å². The fourth-order valence-corrected chi connectivity index (χ4v) is 2.31. The number of aliphatic imine (C=N–C) groups is 1. The number of fused-ring (bicyclic) bond motifs is 1. The number of benzene rings is 1. The van der Waals surface area contributed by atoms with Gasteiger partial charge in [0.2, 0.25) is 0 Å². The van der Waals surface area contributed by atoms with Crippen molar-refractivity contribution < 1.29 is 14.3 Å². The minimum atomic E-state index is -0.782. The highest BCUT2D eigenvalue weighted by atomic mass is 16.5. The van der Waals surface area contributed by atoms with Crippen LogP contribution in [0.3, 0.4) is 0 Å². The van der Waals surface area contributed by atoms with Crippen molar-refractivity contribution in [2.75, 3.05) is 24.9 Å². The minimum Gasteiger partial charge on any atom is -0.497 e. The molecule has 0 spiro atoms. The minimum absolute atomic E-state index is 0.119. The first-order valence-corrected chi connectivity index (χ1v) is 7.46. The summed E-state index contributed by atoms with van der Waals surface area (Å²) in [6.45, 7) is 0. The maximum atomic E-state index is 11.8. The van der Waals surface area contributed by atoms with Gasteiger partial charge in [-0.3, -0.25) is 0 Å². The van der Waals surface area contributed by atoms with Crippen molar-refractivity contribution in [1.29, 1.82) is 5.26 Å². The zero-order valence-corrected chi connectivity index (χ0v) is 14.0. The summed E-state index contributed by atoms with van der Waals surface area (Å²) in [5.74, 6) is 0.411. The highest BCUT2D eigenvalue weighted by molar-refractivity contribution is 6.06. The van der Waals surface area contributed by atoms with Crippen LogP contribution in [0.15, 0.2) is 41.2 Å². The molecule has 2 heterocycles. The van der Waals surface area contributed by atoms with Gasteiger partial charge in [0.25, 0.3) is 0 Å². The van der Waals surface area contributed by atoms with E-state index in [4.69, 9.17) is 4.74 Å². The molecule has 0 saturated carbocycles. The first-order chi connectivity index (χ1) is 12.7. The SMILES string of the molecule is COC(=O)/C(C#N)=C1/N=CNc2c(Nc3ccc(OC)cc3)ncnc21. The number of nitrogens with one attached hydrogen (secondary N) is 2. The van der Waals surface area contributed by atoms with Crippen LogP contribution < -0.4 is 15.4 Å². The van der Waals surface area contributed by atoms with Crippen LogP contribution in [-0.4, -0.2) is 36.5 Å². The lowest BCUT2D eigenvalue weighted by Gasteiger charge is -2.18. The molecule has 0 atom stereocenters. The molecule has 130 valence electrons. The molecule has 0 fully saturated rings. The Hall–Kier alpha value is -3.93. The van der Waals surface area contributed by atoms with Crippen LogP contribution in [0.4, 0.5) is 17.2 Å². The smallest absolute Gasteiger partial charge is 0.350 e. The molecule has 0 amide bonds. The van der Waals surface area contributed by atoms with Gasteiger partial charge in [0.15, 0.2) is 11.4 Å². The Morgan fingerprint density at radius 2 is 2.00 bits per heavy atom. The van der Waals surface area contributed by atoms with Crippen LogP contribution in [0.1, 0.15) is 5.69 Å². The number of hydrogen-bond acceptors (Lipinski definition) is 9. The van der Waals surface area contributed by atoms with E-state index in [2.05, 4.69) is 30.3 Å². The summed E-state index contributed by atoms with van der Waals surface area (Å²) in [4.78, 5) is 24.3. The Kier molecular flexibility index (Phi) is 4.76. The van der Waals surface area contributed by atoms with Crippen molar-refractivity contribution in [1.82, 2.24) is 9.97 Å². The Bertz CT molecular complexity index is 944. The summed E-state index contributed by atoms with van der Waals surface area (Å²) < 4.78 is 9.77. The average Bonchev–Trinajstić information content (AvgIpc) is 2.69. The monoisotopic (exact) mass is 350 g/mol. The summed E-state index contributed by atoms with van der Waals surface area (Å²) in [6, 6.07) is 9.09. The van der Waals surface area contributed by atoms with Gasteiger partial charge in [-0.15, -0.1) is 0 Å². The van der Waals surface area contributed by atoms with Gasteiger partial charge < -0.3 is 20.1 Å². The van der Waals surface area contributed by atoms with Gasteiger partial charge in [-0.05, 0) is 24.3 Å². The molecular weight excluding hydrogens is 336 g/mol. The predicted molar refractivity (Wildman–Crippen MR) is 95.0 cm³/mol. The number of hydrogen-bond donors (Lipinski definition) is 2. The molecule has 1 aromatic carbocycles. The summed E-state index contributed by atoms with van der Waals surface area (Å²) in [6.07, 6.45) is 2.68. The van der Waals surface area contributed by atoms with E-state index in [0.717, 1.165) is 11.4 Å². The van der Waals surface area contributed by atoms with Crippen molar-refractivity contribution in [3.05, 3.63) is 41.9 Å². The van der Waals surface area contributed by atoms with Gasteiger partial charge in [-0.1, -0.05) is 0 Å². The van der Waals surface area contributed by atoms with E-state index < -0.39 is 5.97 Å². The Balaban J connectivity index is 2.02. The molecule has 0 unspecified atom stereocenters. The highest BCUT2D eigenvalue weighted by Crippen LogP contribution is 2.34. The van der Waals surface area contributed by atoms with Crippen molar-refractivity contribution in [2.24, 2.45) is 4.99 Å². The van der Waals surface area contributed by atoms with Crippen LogP contribution in [0.25, 0.3) is 5.70 Å². The summed E-state index contributed by atoms with van der Waals surface area (Å²) in [5.41, 5.74) is 1.47. The van der Waals surface area contributed by atoms with Gasteiger partial charge in [-0.2, -0.15) is 5.26 Å². The number of ether oxygens (including phenoxy) is 2. The zero-order chi connectivity index (χ0) is 18.5. The maximum absolute atomic E-state index is 11.8. The summed E-state index contributed by atoms with van der Waals surface area (Å²) in [5, 5.41) is 15.4. The lowest BCUT2D eigenvalue weighted by molar-refractivity contribution is -0.135. The van der Waals surface area contributed by atoms with Gasteiger partial charge in [0.05, 0.1) is 20.6 Å². The molecule has 3 rings (SSSR count). The normalized spacial score (nSPS) is 13.7. The van der Waals surface area contributed by atoms with Gasteiger partial charge in [0.1, 0.15) is 35.2 Å². The van der Waals surface area contributed by atoms with E-state index in [-0.39, 0.29) is 11.3 Å². The third-order valence-electron chi connectivity index (χ3n) is 3.56. The molecular formula is C17H14N6O3. The molecule has 2 N–H and O–H groups in total. The van der Waals surface area contributed by atoms with Crippen molar-refractivity contribution >= 4 is 35.2 Å². The van der Waals surface area contributed by atoms with Crippen molar-refractivity contribution in [3.8, 4) is 11.8 Å². The number of anilines is 3. The lowest BCUT2D eigenvalue weighted by Crippen LogP contribution is -2.14. The van der Waals surface area contributed by atoms with E-state index >= 15 is 0 Å². The van der Waals surface area contributed by atoms with Crippen LogP contribution in [0.5, 0.6) is 5.75 Å². The van der Waals surface area contributed by atoms with Gasteiger partial charge in [0, 0.05) is 5.69 Å². The fourth-order valence-electron chi connectivity index (χ4n) is 2.31. The second kappa shape index (κ2) is 7.31. The molecule has 9 heteroatoms. The first-order valence-electron chi connectivity index (χ1n) is 7.46. The zero-order valence-electron chi connectivity index (χ0n) is 14.0. The van der Waals surface area contributed by atoms with Crippen LogP contribution in [0.2, 0.25) is 0 Å². The summed E-state index contributed by atoms with van der Waals surface area (Å²) >= 11 is 0. The third kappa shape index (κ3) is 3.16. The summed E-state index contributed by atoms with van der Waals surface area (Å²) in [7, 11) is 2.79. The predicted octanol–water partition coefficient (Wildman–Crippen LogP) is 2.09. The van der Waals surface area contributed by atoms with Crippen LogP contribution in [-0.2, 0) is 9.53 Å². The van der Waals surface area contributed by atoms with E-state index in [9.17, 15) is 10.1 Å². The van der Waals surface area contributed by atoms with Crippen LogP contribution >= 0.6 is 0 Å². The number of nitriles is 1. The number of aromatic nitrogens is 2. The molecule has 0 radical (unpaired) electrons. The van der Waals surface area contributed by atoms with Gasteiger partial charge >= 0.3 is 5.97 Å². The largest absolute Gasteiger partial charge is 0.497 e. The first kappa shape index (κ1) is 16.9. The molecule has 0 bridgehead atoms. The molecule has 2 aromatic rings. The molecule has 0 saturated heterocycles. The van der Waals surface area contributed by atoms with Crippen LogP contribution in [0, 0.1) is 11.3 Å². The number of carbonyl (C=O) groups is 1. The number of nitrogens with zero attached hydrogens (tertiary/aromatic N) is 4. The van der Waals surface area contributed by atoms with Gasteiger partial charge in [-0.25, -0.2) is 19.8 Å². The number of methoxy groups -OCH3 is 2. The fraction of sp³-hybridized carbons (Fsp3) is 0.118. The van der Waals surface area contributed by atoms with Crippen molar-refractivity contribution in [3.63, 3.8) is 0 Å². The Morgan fingerprint density at radius 1 is 1.23 bits per heavy atom. The molecule has 9 nitrogen and oxygen atoms in total. The molecule has 1 aromatic heterocycles. The Morgan fingerprint density at radius 3 is 2.65 bits per heavy atom. The van der Waals surface area contributed by atoms with E-state index in [1.165, 1.54) is 19.8 Å². The lowest BCUT2D eigenvalue weighted by atomic mass is 10.1.